The molecule has 0 fully saturated rings. The maximum absolute atomic E-state index is 5.92. The number of aromatic nitrogens is 5. The van der Waals surface area contributed by atoms with Crippen molar-refractivity contribution >= 4 is 33.0 Å². The lowest BCUT2D eigenvalue weighted by atomic mass is 10.4. The van der Waals surface area contributed by atoms with Gasteiger partial charge in [0.1, 0.15) is 5.52 Å². The molecule has 0 saturated carbocycles. The molecule has 92 valence electrons. The topological polar surface area (TPSA) is 74.5 Å². The highest BCUT2D eigenvalue weighted by Crippen LogP contribution is 2.20. The molecule has 0 radical (unpaired) electrons. The van der Waals surface area contributed by atoms with Gasteiger partial charge in [0.15, 0.2) is 5.65 Å². The standard InChI is InChI=1S/C11H11BrN6/c1-17-3-2-8(16-17)6-18-10-9(15-11(18)13)4-7(12)5-14-10/h2-5H,6H2,1H3,(H2,13,15). The monoisotopic (exact) mass is 306 g/mol. The Balaban J connectivity index is 2.08. The van der Waals surface area contributed by atoms with Gasteiger partial charge in [0.2, 0.25) is 5.95 Å². The van der Waals surface area contributed by atoms with Crippen LogP contribution in [0.25, 0.3) is 11.2 Å². The van der Waals surface area contributed by atoms with Crippen molar-refractivity contribution in [1.29, 1.82) is 0 Å². The SMILES string of the molecule is Cn1ccc(Cn2c(N)nc3cc(Br)cnc32)n1. The summed E-state index contributed by atoms with van der Waals surface area (Å²) < 4.78 is 4.50. The zero-order valence-corrected chi connectivity index (χ0v) is 11.3. The molecule has 0 spiro atoms. The molecule has 3 heterocycles. The van der Waals surface area contributed by atoms with E-state index in [1.807, 2.05) is 29.9 Å². The van der Waals surface area contributed by atoms with Gasteiger partial charge in [-0.05, 0) is 28.1 Å². The highest BCUT2D eigenvalue weighted by molar-refractivity contribution is 9.10. The molecule has 18 heavy (non-hydrogen) atoms. The number of anilines is 1. The van der Waals surface area contributed by atoms with Crippen molar-refractivity contribution in [3.05, 3.63) is 34.7 Å². The van der Waals surface area contributed by atoms with E-state index in [2.05, 4.69) is 31.0 Å². The number of rotatable bonds is 2. The molecule has 3 aromatic rings. The van der Waals surface area contributed by atoms with Crippen LogP contribution in [0, 0.1) is 0 Å². The fourth-order valence-electron chi connectivity index (χ4n) is 1.87. The lowest BCUT2D eigenvalue weighted by molar-refractivity contribution is 0.715. The summed E-state index contributed by atoms with van der Waals surface area (Å²) >= 11 is 3.37. The molecule has 6 nitrogen and oxygen atoms in total. The predicted molar refractivity (Wildman–Crippen MR) is 72.0 cm³/mol. The van der Waals surface area contributed by atoms with E-state index < -0.39 is 0 Å². The average molecular weight is 307 g/mol. The number of nitrogens with zero attached hydrogens (tertiary/aromatic N) is 5. The Labute approximate surface area is 112 Å². The Morgan fingerprint density at radius 1 is 1.44 bits per heavy atom. The van der Waals surface area contributed by atoms with E-state index in [1.165, 1.54) is 0 Å². The third-order valence-corrected chi connectivity index (χ3v) is 3.10. The van der Waals surface area contributed by atoms with Gasteiger partial charge in [-0.25, -0.2) is 9.97 Å². The number of hydrogen-bond acceptors (Lipinski definition) is 4. The molecule has 0 aromatic carbocycles. The number of nitrogen functional groups attached to an aromatic ring is 1. The predicted octanol–water partition coefficient (Wildman–Crippen LogP) is 1.56. The first-order valence-electron chi connectivity index (χ1n) is 5.39. The minimum absolute atomic E-state index is 0.446. The van der Waals surface area contributed by atoms with Crippen LogP contribution < -0.4 is 5.73 Å². The smallest absolute Gasteiger partial charge is 0.202 e. The summed E-state index contributed by atoms with van der Waals surface area (Å²) in [6, 6.07) is 3.84. The Morgan fingerprint density at radius 2 is 2.28 bits per heavy atom. The summed E-state index contributed by atoms with van der Waals surface area (Å²) in [4.78, 5) is 8.63. The minimum Gasteiger partial charge on any atom is -0.369 e. The van der Waals surface area contributed by atoms with Crippen LogP contribution in [0.15, 0.2) is 29.0 Å². The van der Waals surface area contributed by atoms with Gasteiger partial charge in [-0.2, -0.15) is 5.10 Å². The van der Waals surface area contributed by atoms with E-state index in [4.69, 9.17) is 5.73 Å². The molecular formula is C11H11BrN6. The van der Waals surface area contributed by atoms with E-state index in [-0.39, 0.29) is 0 Å². The number of nitrogens with two attached hydrogens (primary N) is 1. The second-order valence-corrected chi connectivity index (χ2v) is 4.95. The molecule has 0 aliphatic heterocycles. The van der Waals surface area contributed by atoms with Crippen molar-refractivity contribution in [2.24, 2.45) is 7.05 Å². The molecule has 3 rings (SSSR count). The molecule has 0 aliphatic rings. The van der Waals surface area contributed by atoms with Crippen molar-refractivity contribution in [2.45, 2.75) is 6.54 Å². The summed E-state index contributed by atoms with van der Waals surface area (Å²) in [6.45, 7) is 0.567. The zero-order valence-electron chi connectivity index (χ0n) is 9.71. The van der Waals surface area contributed by atoms with Gasteiger partial charge in [0.25, 0.3) is 0 Å². The van der Waals surface area contributed by atoms with Crippen molar-refractivity contribution in [3.63, 3.8) is 0 Å². The summed E-state index contributed by atoms with van der Waals surface area (Å²) in [5.41, 5.74) is 8.39. The van der Waals surface area contributed by atoms with Crippen molar-refractivity contribution in [1.82, 2.24) is 24.3 Å². The van der Waals surface area contributed by atoms with E-state index in [0.717, 1.165) is 21.3 Å². The second-order valence-electron chi connectivity index (χ2n) is 4.03. The summed E-state index contributed by atoms with van der Waals surface area (Å²) in [6.07, 6.45) is 3.63. The lowest BCUT2D eigenvalue weighted by Crippen LogP contribution is -2.06. The van der Waals surface area contributed by atoms with Gasteiger partial charge in [-0.3, -0.25) is 9.25 Å². The average Bonchev–Trinajstić information content (AvgIpc) is 2.84. The molecule has 7 heteroatoms. The van der Waals surface area contributed by atoms with Crippen LogP contribution in [0.2, 0.25) is 0 Å². The Kier molecular flexibility index (Phi) is 2.55. The fraction of sp³-hybridized carbons (Fsp3) is 0.182. The van der Waals surface area contributed by atoms with Crippen LogP contribution in [-0.4, -0.2) is 24.3 Å². The van der Waals surface area contributed by atoms with Crippen molar-refractivity contribution < 1.29 is 0 Å². The van der Waals surface area contributed by atoms with Gasteiger partial charge in [0.05, 0.1) is 12.2 Å². The van der Waals surface area contributed by atoms with E-state index in [1.54, 1.807) is 10.9 Å². The zero-order chi connectivity index (χ0) is 12.7. The highest BCUT2D eigenvalue weighted by atomic mass is 79.9. The lowest BCUT2D eigenvalue weighted by Gasteiger charge is -2.02. The first-order chi connectivity index (χ1) is 8.63. The van der Waals surface area contributed by atoms with Crippen molar-refractivity contribution in [2.75, 3.05) is 5.73 Å². The molecule has 0 bridgehead atoms. The molecule has 0 aliphatic carbocycles. The van der Waals surface area contributed by atoms with Crippen LogP contribution in [0.4, 0.5) is 5.95 Å². The molecule has 0 amide bonds. The number of pyridine rings is 1. The molecule has 0 atom stereocenters. The number of aryl methyl sites for hydroxylation is 1. The van der Waals surface area contributed by atoms with Gasteiger partial charge >= 0.3 is 0 Å². The maximum atomic E-state index is 5.92. The number of imidazole rings is 1. The minimum atomic E-state index is 0.446. The summed E-state index contributed by atoms with van der Waals surface area (Å²) in [5, 5.41) is 4.33. The van der Waals surface area contributed by atoms with Crippen LogP contribution in [-0.2, 0) is 13.6 Å². The molecule has 0 unspecified atom stereocenters. The molecular weight excluding hydrogens is 296 g/mol. The Bertz CT molecular complexity index is 713. The van der Waals surface area contributed by atoms with Gasteiger partial charge in [-0.15, -0.1) is 0 Å². The van der Waals surface area contributed by atoms with Gasteiger partial charge in [0, 0.05) is 23.9 Å². The fourth-order valence-corrected chi connectivity index (χ4v) is 2.19. The van der Waals surface area contributed by atoms with Gasteiger partial charge < -0.3 is 5.73 Å². The Morgan fingerprint density at radius 3 is 3.00 bits per heavy atom. The second kappa shape index (κ2) is 4.09. The number of hydrogen-bond donors (Lipinski definition) is 1. The normalized spacial score (nSPS) is 11.2. The van der Waals surface area contributed by atoms with E-state index in [9.17, 15) is 0 Å². The maximum Gasteiger partial charge on any atom is 0.202 e. The van der Waals surface area contributed by atoms with Gasteiger partial charge in [-0.1, -0.05) is 0 Å². The Hall–Kier alpha value is -1.89. The molecule has 0 saturated heterocycles. The van der Waals surface area contributed by atoms with E-state index in [0.29, 0.717) is 12.5 Å². The summed E-state index contributed by atoms with van der Waals surface area (Å²) in [7, 11) is 1.88. The van der Waals surface area contributed by atoms with Crippen molar-refractivity contribution in [3.8, 4) is 0 Å². The quantitative estimate of drug-likeness (QED) is 0.779. The molecule has 3 aromatic heterocycles. The van der Waals surface area contributed by atoms with E-state index >= 15 is 0 Å². The van der Waals surface area contributed by atoms with Crippen LogP contribution in [0.3, 0.4) is 0 Å². The number of fused-ring (bicyclic) bond motifs is 1. The van der Waals surface area contributed by atoms with Crippen LogP contribution in [0.5, 0.6) is 0 Å². The molecule has 2 N–H and O–H groups in total. The largest absolute Gasteiger partial charge is 0.369 e. The third-order valence-electron chi connectivity index (χ3n) is 2.67. The number of halogens is 1. The summed E-state index contributed by atoms with van der Waals surface area (Å²) in [5.74, 6) is 0.446. The third kappa shape index (κ3) is 1.86. The first-order valence-corrected chi connectivity index (χ1v) is 6.18. The first kappa shape index (κ1) is 11.2. The van der Waals surface area contributed by atoms with Crippen LogP contribution >= 0.6 is 15.9 Å². The van der Waals surface area contributed by atoms with Crippen LogP contribution in [0.1, 0.15) is 5.69 Å². The highest BCUT2D eigenvalue weighted by Gasteiger charge is 2.11.